The van der Waals surface area contributed by atoms with E-state index in [1.165, 1.54) is 24.1 Å². The first-order valence-electron chi connectivity index (χ1n) is 10.6. The minimum absolute atomic E-state index is 0.0528. The lowest BCUT2D eigenvalue weighted by Gasteiger charge is -2.08. The number of amides is 1. The Morgan fingerprint density at radius 3 is 2.71 bits per heavy atom. The minimum atomic E-state index is -0.0528. The highest BCUT2D eigenvalue weighted by Gasteiger charge is 2.25. The second-order valence-electron chi connectivity index (χ2n) is 8.11. The standard InChI is InChI=1S/C26H21N3OS/c30-25-21(14-19-12-17-8-4-5-9-22(17)27-19)20-13-18(10-11-23(20)28-25)24-15-31-26(29-24)16-6-2-1-3-7-16/h1-3,6-7,10-15,27H,4-5,8-9H2,(H,28,30)/b21-14-. The maximum atomic E-state index is 12.7. The number of carbonyl (C=O) groups excluding carboxylic acids is 1. The van der Waals surface area contributed by atoms with Gasteiger partial charge in [-0.25, -0.2) is 4.98 Å². The van der Waals surface area contributed by atoms with Gasteiger partial charge in [0, 0.05) is 39.1 Å². The van der Waals surface area contributed by atoms with E-state index in [1.54, 1.807) is 11.3 Å². The topological polar surface area (TPSA) is 57.8 Å². The molecule has 0 atom stereocenters. The summed E-state index contributed by atoms with van der Waals surface area (Å²) in [5, 5.41) is 6.08. The summed E-state index contributed by atoms with van der Waals surface area (Å²) < 4.78 is 0. The van der Waals surface area contributed by atoms with E-state index in [4.69, 9.17) is 4.98 Å². The fourth-order valence-corrected chi connectivity index (χ4v) is 5.31. The van der Waals surface area contributed by atoms with Gasteiger partial charge in [0.05, 0.1) is 11.3 Å². The third-order valence-electron chi connectivity index (χ3n) is 6.06. The number of rotatable bonds is 3. The highest BCUT2D eigenvalue weighted by atomic mass is 32.1. The molecule has 4 nitrogen and oxygen atoms in total. The zero-order chi connectivity index (χ0) is 20.8. The Bertz CT molecular complexity index is 1310. The number of thiazole rings is 1. The summed E-state index contributed by atoms with van der Waals surface area (Å²) in [6.07, 6.45) is 6.68. The van der Waals surface area contributed by atoms with Crippen molar-refractivity contribution in [1.29, 1.82) is 0 Å². The number of nitrogens with zero attached hydrogens (tertiary/aromatic N) is 1. The first-order chi connectivity index (χ1) is 15.2. The molecule has 2 aliphatic rings. The molecule has 0 bridgehead atoms. The molecule has 2 aromatic heterocycles. The molecule has 1 aliphatic carbocycles. The maximum absolute atomic E-state index is 12.7. The average molecular weight is 424 g/mol. The Balaban J connectivity index is 1.37. The van der Waals surface area contributed by atoms with Gasteiger partial charge in [-0.05, 0) is 55.5 Å². The molecule has 0 radical (unpaired) electrons. The van der Waals surface area contributed by atoms with Gasteiger partial charge >= 0.3 is 0 Å². The number of aryl methyl sites for hydroxylation is 2. The van der Waals surface area contributed by atoms with Gasteiger partial charge in [-0.3, -0.25) is 4.79 Å². The van der Waals surface area contributed by atoms with Crippen LogP contribution in [0.3, 0.4) is 0 Å². The second-order valence-corrected chi connectivity index (χ2v) is 8.97. The first-order valence-corrected chi connectivity index (χ1v) is 11.5. The highest BCUT2D eigenvalue weighted by Crippen LogP contribution is 2.37. The number of anilines is 1. The molecule has 0 spiro atoms. The predicted molar refractivity (Wildman–Crippen MR) is 127 cm³/mol. The summed E-state index contributed by atoms with van der Waals surface area (Å²) in [5.41, 5.74) is 9.28. The molecule has 152 valence electrons. The van der Waals surface area contributed by atoms with E-state index < -0.39 is 0 Å². The number of nitrogens with one attached hydrogen (secondary N) is 2. The van der Waals surface area contributed by atoms with E-state index in [1.807, 2.05) is 36.4 Å². The van der Waals surface area contributed by atoms with Gasteiger partial charge < -0.3 is 10.3 Å². The van der Waals surface area contributed by atoms with Crippen molar-refractivity contribution in [3.05, 3.63) is 82.5 Å². The summed E-state index contributed by atoms with van der Waals surface area (Å²) in [6, 6.07) is 18.5. The van der Waals surface area contributed by atoms with Gasteiger partial charge in [0.2, 0.25) is 0 Å². The number of fused-ring (bicyclic) bond motifs is 2. The van der Waals surface area contributed by atoms with E-state index in [0.717, 1.165) is 51.6 Å². The molecule has 2 N–H and O–H groups in total. The van der Waals surface area contributed by atoms with Crippen LogP contribution in [-0.2, 0) is 17.6 Å². The molecule has 6 rings (SSSR count). The lowest BCUT2D eigenvalue weighted by Crippen LogP contribution is -2.03. The maximum Gasteiger partial charge on any atom is 0.256 e. The zero-order valence-electron chi connectivity index (χ0n) is 16.9. The van der Waals surface area contributed by atoms with Crippen molar-refractivity contribution in [2.24, 2.45) is 0 Å². The van der Waals surface area contributed by atoms with Crippen molar-refractivity contribution in [1.82, 2.24) is 9.97 Å². The van der Waals surface area contributed by atoms with Crippen LogP contribution in [0.1, 0.15) is 35.4 Å². The van der Waals surface area contributed by atoms with Gasteiger partial charge in [0.25, 0.3) is 5.91 Å². The molecule has 2 aromatic carbocycles. The van der Waals surface area contributed by atoms with E-state index in [0.29, 0.717) is 5.57 Å². The van der Waals surface area contributed by atoms with Gasteiger partial charge in [-0.1, -0.05) is 36.4 Å². The predicted octanol–water partition coefficient (Wildman–Crippen LogP) is 6.18. The second kappa shape index (κ2) is 7.36. The number of aromatic nitrogens is 2. The molecule has 0 unspecified atom stereocenters. The molecule has 1 amide bonds. The summed E-state index contributed by atoms with van der Waals surface area (Å²) in [4.78, 5) is 21.1. The third kappa shape index (κ3) is 3.31. The minimum Gasteiger partial charge on any atom is -0.359 e. The molecule has 3 heterocycles. The van der Waals surface area contributed by atoms with Gasteiger partial charge in [-0.15, -0.1) is 11.3 Å². The van der Waals surface area contributed by atoms with Crippen LogP contribution >= 0.6 is 11.3 Å². The SMILES string of the molecule is O=C1Nc2ccc(-c3csc(-c4ccccc4)n3)cc2/C1=C/c1cc2c([nH]1)CCCC2. The normalized spacial score (nSPS) is 16.3. The molecule has 0 saturated carbocycles. The van der Waals surface area contributed by atoms with Crippen LogP contribution in [0.25, 0.3) is 33.5 Å². The Morgan fingerprint density at radius 2 is 1.84 bits per heavy atom. The van der Waals surface area contributed by atoms with Gasteiger partial charge in [0.1, 0.15) is 5.01 Å². The molecule has 0 fully saturated rings. The molecule has 4 aromatic rings. The van der Waals surface area contributed by atoms with Crippen LogP contribution in [0.15, 0.2) is 60.0 Å². The van der Waals surface area contributed by atoms with Crippen molar-refractivity contribution in [2.45, 2.75) is 25.7 Å². The number of hydrogen-bond acceptors (Lipinski definition) is 3. The van der Waals surface area contributed by atoms with Crippen LogP contribution in [0.2, 0.25) is 0 Å². The molecule has 5 heteroatoms. The number of carbonyl (C=O) groups is 1. The summed E-state index contributed by atoms with van der Waals surface area (Å²) in [6.45, 7) is 0. The molecular formula is C26H21N3OS. The lowest BCUT2D eigenvalue weighted by atomic mass is 9.98. The Morgan fingerprint density at radius 1 is 0.968 bits per heavy atom. The molecule has 1 aliphatic heterocycles. The Kier molecular flexibility index (Phi) is 4.35. The highest BCUT2D eigenvalue weighted by molar-refractivity contribution is 7.13. The first kappa shape index (κ1) is 18.3. The number of H-pyrrole nitrogens is 1. The Hall–Kier alpha value is -3.44. The van der Waals surface area contributed by atoms with E-state index in [9.17, 15) is 4.79 Å². The fraction of sp³-hybridized carbons (Fsp3) is 0.154. The number of aromatic amines is 1. The molecular weight excluding hydrogens is 402 g/mol. The van der Waals surface area contributed by atoms with Crippen molar-refractivity contribution in [3.63, 3.8) is 0 Å². The van der Waals surface area contributed by atoms with E-state index in [-0.39, 0.29) is 5.91 Å². The fourth-order valence-electron chi connectivity index (χ4n) is 4.47. The molecule has 0 saturated heterocycles. The smallest absolute Gasteiger partial charge is 0.256 e. The van der Waals surface area contributed by atoms with Crippen molar-refractivity contribution < 1.29 is 4.79 Å². The summed E-state index contributed by atoms with van der Waals surface area (Å²) >= 11 is 1.64. The lowest BCUT2D eigenvalue weighted by molar-refractivity contribution is -0.110. The quantitative estimate of drug-likeness (QED) is 0.387. The van der Waals surface area contributed by atoms with Gasteiger partial charge in [-0.2, -0.15) is 0 Å². The van der Waals surface area contributed by atoms with Crippen molar-refractivity contribution in [2.75, 3.05) is 5.32 Å². The zero-order valence-corrected chi connectivity index (χ0v) is 17.8. The Labute approximate surface area is 184 Å². The average Bonchev–Trinajstić information content (AvgIpc) is 3.52. The van der Waals surface area contributed by atoms with Crippen molar-refractivity contribution >= 4 is 34.6 Å². The van der Waals surface area contributed by atoms with E-state index in [2.05, 4.69) is 39.9 Å². The van der Waals surface area contributed by atoms with E-state index >= 15 is 0 Å². The van der Waals surface area contributed by atoms with Crippen LogP contribution in [0.5, 0.6) is 0 Å². The summed E-state index contributed by atoms with van der Waals surface area (Å²) in [7, 11) is 0. The number of benzene rings is 2. The molecule has 31 heavy (non-hydrogen) atoms. The van der Waals surface area contributed by atoms with Crippen molar-refractivity contribution in [3.8, 4) is 21.8 Å². The van der Waals surface area contributed by atoms with Crippen LogP contribution < -0.4 is 5.32 Å². The van der Waals surface area contributed by atoms with Crippen LogP contribution in [0.4, 0.5) is 5.69 Å². The summed E-state index contributed by atoms with van der Waals surface area (Å²) in [5.74, 6) is -0.0528. The monoisotopic (exact) mass is 423 g/mol. The largest absolute Gasteiger partial charge is 0.359 e. The van der Waals surface area contributed by atoms with Crippen LogP contribution in [0, 0.1) is 0 Å². The van der Waals surface area contributed by atoms with Gasteiger partial charge in [0.15, 0.2) is 0 Å². The van der Waals surface area contributed by atoms with Crippen LogP contribution in [-0.4, -0.2) is 15.9 Å². The number of hydrogen-bond donors (Lipinski definition) is 2. The third-order valence-corrected chi connectivity index (χ3v) is 6.95.